The average Bonchev–Trinajstić information content (AvgIpc) is 1.12. The molecule has 4 nitrogen and oxygen atoms in total. The Morgan fingerprint density at radius 3 is 0.417 bits per heavy atom. The van der Waals surface area contributed by atoms with Crippen molar-refractivity contribution >= 4 is 0 Å². The highest BCUT2D eigenvalue weighted by atomic mass is 16.0. The molecular formula is C8H26N2O2. The minimum Gasteiger partial charge on any atom is -0.870 e. The van der Waals surface area contributed by atoms with Gasteiger partial charge in [0.1, 0.15) is 0 Å². The molecule has 0 unspecified atom stereocenters. The highest BCUT2D eigenvalue weighted by molar-refractivity contribution is 3.87. The van der Waals surface area contributed by atoms with Gasteiger partial charge in [-0.25, -0.2) is 0 Å². The third-order valence-corrected chi connectivity index (χ3v) is 0. The number of nitrogens with zero attached hydrogens (tertiary/aromatic N) is 2. The van der Waals surface area contributed by atoms with Crippen LogP contribution in [0.1, 0.15) is 0 Å². The van der Waals surface area contributed by atoms with Crippen molar-refractivity contribution in [2.45, 2.75) is 0 Å². The summed E-state index contributed by atoms with van der Waals surface area (Å²) in [4.78, 5) is 0. The summed E-state index contributed by atoms with van der Waals surface area (Å²) in [6.45, 7) is 0. The van der Waals surface area contributed by atoms with Gasteiger partial charge in [-0.1, -0.05) is 0 Å². The van der Waals surface area contributed by atoms with Gasteiger partial charge >= 0.3 is 0 Å². The molecule has 0 fully saturated rings. The third-order valence-electron chi connectivity index (χ3n) is 0. The summed E-state index contributed by atoms with van der Waals surface area (Å²) in [6, 6.07) is 0. The molecule has 0 aromatic rings. The number of rotatable bonds is 0. The van der Waals surface area contributed by atoms with Crippen molar-refractivity contribution in [3.05, 3.63) is 0 Å². The molecule has 0 aliphatic heterocycles. The fraction of sp³-hybridized carbons (Fsp3) is 1.00. The largest absolute Gasteiger partial charge is 0.870 e. The fourth-order valence-electron chi connectivity index (χ4n) is 0. The van der Waals surface area contributed by atoms with E-state index in [9.17, 15) is 0 Å². The lowest BCUT2D eigenvalue weighted by atomic mass is 10.8. The van der Waals surface area contributed by atoms with E-state index in [1.54, 1.807) is 0 Å². The quantitative estimate of drug-likeness (QED) is 0.506. The van der Waals surface area contributed by atoms with Gasteiger partial charge in [0.2, 0.25) is 0 Å². The average molecular weight is 182 g/mol. The van der Waals surface area contributed by atoms with E-state index < -0.39 is 0 Å². The van der Waals surface area contributed by atoms with Crippen LogP contribution in [-0.4, -0.2) is 76.3 Å². The number of quaternary nitrogens is 2. The van der Waals surface area contributed by atoms with Crippen molar-refractivity contribution in [3.8, 4) is 0 Å². The molecule has 0 atom stereocenters. The highest BCUT2D eigenvalue weighted by Crippen LogP contribution is 1.74. The minimum atomic E-state index is 0. The molecule has 0 spiro atoms. The highest BCUT2D eigenvalue weighted by Gasteiger charge is 1.88. The van der Waals surface area contributed by atoms with Gasteiger partial charge in [-0.2, -0.15) is 0 Å². The lowest BCUT2D eigenvalue weighted by Crippen LogP contribution is -2.27. The Morgan fingerprint density at radius 1 is 0.417 bits per heavy atom. The van der Waals surface area contributed by atoms with Crippen LogP contribution in [0.15, 0.2) is 0 Å². The monoisotopic (exact) mass is 182 g/mol. The predicted molar refractivity (Wildman–Crippen MR) is 51.8 cm³/mol. The zero-order valence-electron chi connectivity index (χ0n) is 9.79. The molecule has 0 rings (SSSR count). The van der Waals surface area contributed by atoms with Crippen molar-refractivity contribution in [2.24, 2.45) is 0 Å². The Hall–Kier alpha value is -0.160. The maximum absolute atomic E-state index is 2.12. The summed E-state index contributed by atoms with van der Waals surface area (Å²) in [7, 11) is 17.0. The molecule has 0 aliphatic carbocycles. The summed E-state index contributed by atoms with van der Waals surface area (Å²) in [5, 5.41) is 0. The van der Waals surface area contributed by atoms with Crippen LogP contribution in [0.5, 0.6) is 0 Å². The standard InChI is InChI=1S/2C4H12N.2H2O/c2*1-5(2,3)4;;/h2*1-4H3;2*1H2/q2*+1;;/p-2. The summed E-state index contributed by atoms with van der Waals surface area (Å²) in [5.41, 5.74) is 0. The second kappa shape index (κ2) is 7.49. The Kier molecular flexibility index (Phi) is 14.1. The molecule has 0 aromatic heterocycles. The van der Waals surface area contributed by atoms with Gasteiger partial charge in [0.25, 0.3) is 0 Å². The van der Waals surface area contributed by atoms with E-state index in [4.69, 9.17) is 0 Å². The van der Waals surface area contributed by atoms with Crippen LogP contribution in [0, 0.1) is 0 Å². The van der Waals surface area contributed by atoms with Crippen LogP contribution < -0.4 is 0 Å². The molecule has 80 valence electrons. The van der Waals surface area contributed by atoms with E-state index in [1.807, 2.05) is 0 Å². The van der Waals surface area contributed by atoms with Crippen LogP contribution in [0.3, 0.4) is 0 Å². The van der Waals surface area contributed by atoms with Crippen molar-refractivity contribution in [1.82, 2.24) is 0 Å². The summed E-state index contributed by atoms with van der Waals surface area (Å²) in [6.07, 6.45) is 0. The predicted octanol–water partition coefficient (Wildman–Crippen LogP) is 0.291. The van der Waals surface area contributed by atoms with Crippen molar-refractivity contribution in [1.29, 1.82) is 0 Å². The molecule has 4 heteroatoms. The van der Waals surface area contributed by atoms with E-state index in [2.05, 4.69) is 56.4 Å². The second-order valence-electron chi connectivity index (χ2n) is 5.37. The second-order valence-corrected chi connectivity index (χ2v) is 5.37. The first-order valence-electron chi connectivity index (χ1n) is 3.58. The van der Waals surface area contributed by atoms with Crippen LogP contribution in [0.25, 0.3) is 0 Å². The Morgan fingerprint density at radius 2 is 0.417 bits per heavy atom. The summed E-state index contributed by atoms with van der Waals surface area (Å²) in [5.74, 6) is 0. The van der Waals surface area contributed by atoms with E-state index in [0.717, 1.165) is 8.97 Å². The molecular weight excluding hydrogens is 156 g/mol. The van der Waals surface area contributed by atoms with Gasteiger partial charge in [0.15, 0.2) is 0 Å². The zero-order valence-corrected chi connectivity index (χ0v) is 9.79. The van der Waals surface area contributed by atoms with Crippen LogP contribution >= 0.6 is 0 Å². The van der Waals surface area contributed by atoms with Crippen molar-refractivity contribution in [2.75, 3.05) is 56.4 Å². The molecule has 0 radical (unpaired) electrons. The van der Waals surface area contributed by atoms with Crippen LogP contribution in [0.4, 0.5) is 0 Å². The first-order chi connectivity index (χ1) is 4.00. The molecule has 0 aromatic carbocycles. The molecule has 0 bridgehead atoms. The van der Waals surface area contributed by atoms with E-state index >= 15 is 0 Å². The van der Waals surface area contributed by atoms with Gasteiger partial charge in [0.05, 0.1) is 56.4 Å². The van der Waals surface area contributed by atoms with Crippen LogP contribution in [-0.2, 0) is 0 Å². The fourth-order valence-corrected chi connectivity index (χ4v) is 0. The van der Waals surface area contributed by atoms with Gasteiger partial charge in [0, 0.05) is 0 Å². The van der Waals surface area contributed by atoms with E-state index in [0.29, 0.717) is 0 Å². The first-order valence-corrected chi connectivity index (χ1v) is 3.58. The maximum atomic E-state index is 2.12. The maximum Gasteiger partial charge on any atom is 0.0675 e. The zero-order chi connectivity index (χ0) is 9.00. The van der Waals surface area contributed by atoms with Crippen molar-refractivity contribution in [3.63, 3.8) is 0 Å². The van der Waals surface area contributed by atoms with Crippen molar-refractivity contribution < 1.29 is 19.9 Å². The first kappa shape index (κ1) is 22.6. The lowest BCUT2D eigenvalue weighted by molar-refractivity contribution is -0.849. The molecule has 12 heavy (non-hydrogen) atoms. The Balaban J connectivity index is -0.0000000457. The van der Waals surface area contributed by atoms with Gasteiger partial charge in [-0.05, 0) is 0 Å². The summed E-state index contributed by atoms with van der Waals surface area (Å²) < 4.78 is 2.00. The van der Waals surface area contributed by atoms with Gasteiger partial charge in [-0.15, -0.1) is 0 Å². The van der Waals surface area contributed by atoms with Gasteiger partial charge in [-0.3, -0.25) is 0 Å². The van der Waals surface area contributed by atoms with Gasteiger partial charge < -0.3 is 19.9 Å². The third kappa shape index (κ3) is 30000. The molecule has 0 amide bonds. The SMILES string of the molecule is C[N+](C)(C)C.C[N+](C)(C)C.[OH-].[OH-]. The molecule has 0 saturated heterocycles. The van der Waals surface area contributed by atoms with Crippen LogP contribution in [0.2, 0.25) is 0 Å². The molecule has 0 heterocycles. The molecule has 0 saturated carbocycles. The summed E-state index contributed by atoms with van der Waals surface area (Å²) >= 11 is 0. The molecule has 0 aliphatic rings. The molecule has 2 N–H and O–H groups in total. The van der Waals surface area contributed by atoms with E-state index in [-0.39, 0.29) is 11.0 Å². The normalized spacial score (nSPS) is 10.0. The number of hydrogen-bond donors (Lipinski definition) is 0. The Labute approximate surface area is 77.2 Å². The lowest BCUT2D eigenvalue weighted by Gasteiger charge is -2.14. The number of hydrogen-bond acceptors (Lipinski definition) is 2. The smallest absolute Gasteiger partial charge is 0.0675 e. The minimum absolute atomic E-state index is 0. The Bertz CT molecular complexity index is 58.0. The topological polar surface area (TPSA) is 60.0 Å². The van der Waals surface area contributed by atoms with E-state index in [1.165, 1.54) is 0 Å².